The zero-order valence-electron chi connectivity index (χ0n) is 9.54. The van der Waals surface area contributed by atoms with Crippen molar-refractivity contribution in [1.82, 2.24) is 0 Å². The number of hydrogen-bond acceptors (Lipinski definition) is 2. The van der Waals surface area contributed by atoms with E-state index in [0.29, 0.717) is 0 Å². The molecule has 15 heavy (non-hydrogen) atoms. The van der Waals surface area contributed by atoms with E-state index in [9.17, 15) is 0 Å². The Hall–Kier alpha value is -0.500. The van der Waals surface area contributed by atoms with Gasteiger partial charge in [-0.3, -0.25) is 0 Å². The lowest BCUT2D eigenvalue weighted by Crippen LogP contribution is -2.19. The molecule has 2 rings (SSSR count). The Morgan fingerprint density at radius 1 is 1.13 bits per heavy atom. The Morgan fingerprint density at radius 3 is 2.60 bits per heavy atom. The van der Waals surface area contributed by atoms with E-state index in [1.807, 2.05) is 6.26 Å². The van der Waals surface area contributed by atoms with Gasteiger partial charge in [-0.15, -0.1) is 0 Å². The smallest absolute Gasteiger partial charge is 0.0903 e. The molecule has 1 saturated carbocycles. The van der Waals surface area contributed by atoms with E-state index in [0.717, 1.165) is 25.7 Å². The standard InChI is InChI=1S/C13H22O2/c1-2-4-12(5-3-1)10-15-11-13-6-8-14-9-7-13/h10,13H,1-9,11H2. The van der Waals surface area contributed by atoms with Gasteiger partial charge in [-0.25, -0.2) is 0 Å². The average Bonchev–Trinajstić information content (AvgIpc) is 2.32. The fraction of sp³-hybridized carbons (Fsp3) is 0.846. The molecular weight excluding hydrogens is 188 g/mol. The summed E-state index contributed by atoms with van der Waals surface area (Å²) in [4.78, 5) is 0. The maximum atomic E-state index is 5.70. The van der Waals surface area contributed by atoms with E-state index < -0.39 is 0 Å². The van der Waals surface area contributed by atoms with E-state index in [2.05, 4.69) is 0 Å². The van der Waals surface area contributed by atoms with Crippen LogP contribution in [0.2, 0.25) is 0 Å². The first-order valence-corrected chi connectivity index (χ1v) is 6.32. The number of hydrogen-bond donors (Lipinski definition) is 0. The minimum atomic E-state index is 0.721. The van der Waals surface area contributed by atoms with Gasteiger partial charge in [-0.2, -0.15) is 0 Å². The zero-order chi connectivity index (χ0) is 10.3. The van der Waals surface area contributed by atoms with Gasteiger partial charge >= 0.3 is 0 Å². The highest BCUT2D eigenvalue weighted by atomic mass is 16.5. The Balaban J connectivity index is 1.64. The average molecular weight is 210 g/mol. The van der Waals surface area contributed by atoms with Crippen LogP contribution < -0.4 is 0 Å². The monoisotopic (exact) mass is 210 g/mol. The van der Waals surface area contributed by atoms with Gasteiger partial charge in [-0.05, 0) is 50.0 Å². The van der Waals surface area contributed by atoms with Crippen LogP contribution in [0.4, 0.5) is 0 Å². The van der Waals surface area contributed by atoms with E-state index in [4.69, 9.17) is 9.47 Å². The SMILES string of the molecule is C(OCC1CCOCC1)=C1CCCCC1. The minimum absolute atomic E-state index is 0.721. The Morgan fingerprint density at radius 2 is 1.87 bits per heavy atom. The quantitative estimate of drug-likeness (QED) is 0.665. The van der Waals surface area contributed by atoms with Crippen molar-refractivity contribution in [3.05, 3.63) is 11.8 Å². The van der Waals surface area contributed by atoms with Crippen LogP contribution in [0, 0.1) is 5.92 Å². The first kappa shape index (κ1) is 11.0. The van der Waals surface area contributed by atoms with Crippen molar-refractivity contribution >= 4 is 0 Å². The van der Waals surface area contributed by atoms with Crippen molar-refractivity contribution in [2.45, 2.75) is 44.9 Å². The second-order valence-electron chi connectivity index (χ2n) is 4.73. The largest absolute Gasteiger partial charge is 0.501 e. The molecule has 2 fully saturated rings. The van der Waals surface area contributed by atoms with Crippen molar-refractivity contribution in [2.75, 3.05) is 19.8 Å². The number of allylic oxidation sites excluding steroid dienone is 1. The van der Waals surface area contributed by atoms with Gasteiger partial charge in [0.15, 0.2) is 0 Å². The summed E-state index contributed by atoms with van der Waals surface area (Å²) < 4.78 is 11.0. The van der Waals surface area contributed by atoms with Crippen LogP contribution >= 0.6 is 0 Å². The summed E-state index contributed by atoms with van der Waals surface area (Å²) in [6.45, 7) is 2.74. The lowest BCUT2D eigenvalue weighted by molar-refractivity contribution is 0.0415. The summed E-state index contributed by atoms with van der Waals surface area (Å²) >= 11 is 0. The molecule has 0 radical (unpaired) electrons. The van der Waals surface area contributed by atoms with Crippen LogP contribution in [-0.4, -0.2) is 19.8 Å². The van der Waals surface area contributed by atoms with Crippen molar-refractivity contribution in [3.63, 3.8) is 0 Å². The van der Waals surface area contributed by atoms with E-state index >= 15 is 0 Å². The first-order chi connectivity index (χ1) is 7.45. The molecule has 2 nitrogen and oxygen atoms in total. The fourth-order valence-corrected chi connectivity index (χ4v) is 2.34. The van der Waals surface area contributed by atoms with Crippen molar-refractivity contribution in [3.8, 4) is 0 Å². The second kappa shape index (κ2) is 6.16. The topological polar surface area (TPSA) is 18.5 Å². The van der Waals surface area contributed by atoms with Crippen LogP contribution in [0.25, 0.3) is 0 Å². The highest BCUT2D eigenvalue weighted by Crippen LogP contribution is 2.23. The lowest BCUT2D eigenvalue weighted by atomic mass is 9.96. The van der Waals surface area contributed by atoms with Crippen LogP contribution in [0.15, 0.2) is 11.8 Å². The normalized spacial score (nSPS) is 23.9. The fourth-order valence-electron chi connectivity index (χ4n) is 2.34. The second-order valence-corrected chi connectivity index (χ2v) is 4.73. The molecule has 0 aromatic rings. The van der Waals surface area contributed by atoms with Gasteiger partial charge in [0.1, 0.15) is 0 Å². The minimum Gasteiger partial charge on any atom is -0.501 e. The molecule has 2 aliphatic rings. The highest BCUT2D eigenvalue weighted by molar-refractivity contribution is 5.00. The first-order valence-electron chi connectivity index (χ1n) is 6.32. The molecule has 2 heteroatoms. The summed E-state index contributed by atoms with van der Waals surface area (Å²) in [7, 11) is 0. The van der Waals surface area contributed by atoms with E-state index in [1.54, 1.807) is 0 Å². The van der Waals surface area contributed by atoms with E-state index in [1.165, 1.54) is 50.5 Å². The molecule has 0 spiro atoms. The van der Waals surface area contributed by atoms with Gasteiger partial charge < -0.3 is 9.47 Å². The molecule has 0 N–H and O–H groups in total. The Bertz CT molecular complexity index is 197. The molecule has 0 bridgehead atoms. The van der Waals surface area contributed by atoms with Gasteiger partial charge in [0.25, 0.3) is 0 Å². The number of ether oxygens (including phenoxy) is 2. The summed E-state index contributed by atoms with van der Waals surface area (Å²) in [6, 6.07) is 0. The lowest BCUT2D eigenvalue weighted by Gasteiger charge is -2.21. The Kier molecular flexibility index (Phi) is 4.52. The van der Waals surface area contributed by atoms with Gasteiger partial charge in [-0.1, -0.05) is 6.42 Å². The summed E-state index contributed by atoms with van der Waals surface area (Å²) in [5, 5.41) is 0. The molecule has 0 aromatic carbocycles. The highest BCUT2D eigenvalue weighted by Gasteiger charge is 2.13. The molecule has 1 saturated heterocycles. The molecule has 0 atom stereocenters. The van der Waals surface area contributed by atoms with E-state index in [-0.39, 0.29) is 0 Å². The summed E-state index contributed by atoms with van der Waals surface area (Å²) in [6.07, 6.45) is 11.0. The molecule has 86 valence electrons. The van der Waals surface area contributed by atoms with Gasteiger partial charge in [0.05, 0.1) is 12.9 Å². The van der Waals surface area contributed by atoms with Crippen molar-refractivity contribution in [2.24, 2.45) is 5.92 Å². The van der Waals surface area contributed by atoms with Gasteiger partial charge in [0, 0.05) is 13.2 Å². The van der Waals surface area contributed by atoms with Crippen LogP contribution in [0.1, 0.15) is 44.9 Å². The third-order valence-corrected chi connectivity index (χ3v) is 3.42. The molecule has 1 aliphatic heterocycles. The summed E-state index contributed by atoms with van der Waals surface area (Å²) in [5.41, 5.74) is 1.52. The Labute approximate surface area is 92.6 Å². The van der Waals surface area contributed by atoms with Gasteiger partial charge in [0.2, 0.25) is 0 Å². The maximum Gasteiger partial charge on any atom is 0.0903 e. The molecular formula is C13H22O2. The molecule has 0 amide bonds. The van der Waals surface area contributed by atoms with Crippen molar-refractivity contribution < 1.29 is 9.47 Å². The van der Waals surface area contributed by atoms with Crippen LogP contribution in [0.5, 0.6) is 0 Å². The predicted molar refractivity (Wildman–Crippen MR) is 60.7 cm³/mol. The molecule has 0 unspecified atom stereocenters. The third-order valence-electron chi connectivity index (χ3n) is 3.42. The predicted octanol–water partition coefficient (Wildman–Crippen LogP) is 3.28. The zero-order valence-corrected chi connectivity index (χ0v) is 9.54. The summed E-state index contributed by atoms with van der Waals surface area (Å²) in [5.74, 6) is 0.721. The molecule has 1 heterocycles. The van der Waals surface area contributed by atoms with Crippen LogP contribution in [-0.2, 0) is 9.47 Å². The van der Waals surface area contributed by atoms with Crippen molar-refractivity contribution in [1.29, 1.82) is 0 Å². The third kappa shape index (κ3) is 3.86. The molecule has 0 aromatic heterocycles. The molecule has 1 aliphatic carbocycles. The number of rotatable bonds is 3. The van der Waals surface area contributed by atoms with Crippen LogP contribution in [0.3, 0.4) is 0 Å². The maximum absolute atomic E-state index is 5.70.